The molecule has 82 valence electrons. The molecule has 0 amide bonds. The van der Waals surface area contributed by atoms with E-state index in [0.717, 1.165) is 11.1 Å². The van der Waals surface area contributed by atoms with Crippen LogP contribution in [0, 0.1) is 5.82 Å². The van der Waals surface area contributed by atoms with Crippen LogP contribution < -0.4 is 5.73 Å². The van der Waals surface area contributed by atoms with Gasteiger partial charge in [0.25, 0.3) is 0 Å². The first-order valence-electron chi connectivity index (χ1n) is 5.15. The molecular weight excluding hydrogens is 203 g/mol. The third-order valence-corrected chi connectivity index (χ3v) is 2.45. The minimum absolute atomic E-state index is 0.217. The molecule has 0 saturated carbocycles. The van der Waals surface area contributed by atoms with Crippen molar-refractivity contribution < 1.29 is 4.39 Å². The van der Waals surface area contributed by atoms with Crippen LogP contribution in [0.5, 0.6) is 0 Å². The van der Waals surface area contributed by atoms with Crippen LogP contribution >= 0.6 is 0 Å². The van der Waals surface area contributed by atoms with Gasteiger partial charge in [-0.3, -0.25) is 4.98 Å². The van der Waals surface area contributed by atoms with Gasteiger partial charge in [-0.2, -0.15) is 0 Å². The molecule has 2 N–H and O–H groups in total. The molecule has 16 heavy (non-hydrogen) atoms. The van der Waals surface area contributed by atoms with E-state index in [4.69, 9.17) is 5.73 Å². The fraction of sp³-hybridized carbons (Fsp3) is 0.154. The van der Waals surface area contributed by atoms with Gasteiger partial charge in [0, 0.05) is 12.2 Å². The van der Waals surface area contributed by atoms with Crippen molar-refractivity contribution in [3.63, 3.8) is 0 Å². The number of hydrogen-bond acceptors (Lipinski definition) is 2. The molecule has 1 aromatic heterocycles. The Kier molecular flexibility index (Phi) is 3.27. The number of nitrogens with zero attached hydrogens (tertiary/aromatic N) is 1. The van der Waals surface area contributed by atoms with E-state index in [1.54, 1.807) is 6.20 Å². The summed E-state index contributed by atoms with van der Waals surface area (Å²) in [6, 6.07) is 11.1. The van der Waals surface area contributed by atoms with Crippen molar-refractivity contribution in [2.75, 3.05) is 0 Å². The molecule has 1 unspecified atom stereocenters. The topological polar surface area (TPSA) is 38.9 Å². The largest absolute Gasteiger partial charge is 0.324 e. The first kappa shape index (κ1) is 10.8. The summed E-state index contributed by atoms with van der Waals surface area (Å²) in [5.74, 6) is -0.346. The van der Waals surface area contributed by atoms with Crippen molar-refractivity contribution in [1.29, 1.82) is 0 Å². The monoisotopic (exact) mass is 216 g/mol. The summed E-state index contributed by atoms with van der Waals surface area (Å²) in [6.45, 7) is 0. The van der Waals surface area contributed by atoms with Crippen LogP contribution in [-0.4, -0.2) is 4.98 Å². The van der Waals surface area contributed by atoms with Gasteiger partial charge in [-0.1, -0.05) is 30.3 Å². The summed E-state index contributed by atoms with van der Waals surface area (Å²) in [5.41, 5.74) is 7.85. The van der Waals surface area contributed by atoms with E-state index in [0.29, 0.717) is 6.42 Å². The summed E-state index contributed by atoms with van der Waals surface area (Å²) in [4.78, 5) is 3.79. The van der Waals surface area contributed by atoms with Crippen LogP contribution in [-0.2, 0) is 6.42 Å². The zero-order valence-electron chi connectivity index (χ0n) is 8.81. The fourth-order valence-corrected chi connectivity index (χ4v) is 1.62. The van der Waals surface area contributed by atoms with Gasteiger partial charge in [0.15, 0.2) is 0 Å². The molecule has 0 aliphatic heterocycles. The lowest BCUT2D eigenvalue weighted by Gasteiger charge is -2.11. The molecule has 0 aliphatic rings. The first-order valence-corrected chi connectivity index (χ1v) is 5.15. The Balaban J connectivity index is 2.12. The van der Waals surface area contributed by atoms with E-state index < -0.39 is 0 Å². The minimum Gasteiger partial charge on any atom is -0.324 e. The van der Waals surface area contributed by atoms with Crippen LogP contribution in [0.2, 0.25) is 0 Å². The van der Waals surface area contributed by atoms with Crippen LogP contribution in [0.1, 0.15) is 17.2 Å². The average molecular weight is 216 g/mol. The molecule has 1 atom stereocenters. The van der Waals surface area contributed by atoms with Gasteiger partial charge in [-0.05, 0) is 23.6 Å². The molecule has 0 radical (unpaired) electrons. The van der Waals surface area contributed by atoms with E-state index in [9.17, 15) is 4.39 Å². The zero-order chi connectivity index (χ0) is 11.4. The van der Waals surface area contributed by atoms with Gasteiger partial charge >= 0.3 is 0 Å². The highest BCUT2D eigenvalue weighted by atomic mass is 19.1. The van der Waals surface area contributed by atoms with Crippen LogP contribution in [0.4, 0.5) is 4.39 Å². The molecular formula is C13H13FN2. The quantitative estimate of drug-likeness (QED) is 0.856. The average Bonchev–Trinajstić information content (AvgIpc) is 2.30. The highest BCUT2D eigenvalue weighted by molar-refractivity contribution is 5.21. The molecule has 2 aromatic rings. The van der Waals surface area contributed by atoms with E-state index in [2.05, 4.69) is 4.98 Å². The van der Waals surface area contributed by atoms with Crippen molar-refractivity contribution in [2.45, 2.75) is 12.5 Å². The molecule has 0 aliphatic carbocycles. The molecule has 0 saturated heterocycles. The Morgan fingerprint density at radius 3 is 2.62 bits per heavy atom. The standard InChI is InChI=1S/C13H13FN2/c14-12-7-11(8-16-9-12)13(15)6-10-4-2-1-3-5-10/h1-5,7-9,13H,6,15H2. The van der Waals surface area contributed by atoms with Gasteiger partial charge < -0.3 is 5.73 Å². The van der Waals surface area contributed by atoms with Crippen LogP contribution in [0.15, 0.2) is 48.8 Å². The minimum atomic E-state index is -0.346. The molecule has 3 heteroatoms. The maximum atomic E-state index is 12.9. The van der Waals surface area contributed by atoms with E-state index in [-0.39, 0.29) is 11.9 Å². The summed E-state index contributed by atoms with van der Waals surface area (Å²) < 4.78 is 12.9. The van der Waals surface area contributed by atoms with Crippen molar-refractivity contribution in [3.8, 4) is 0 Å². The predicted molar refractivity (Wildman–Crippen MR) is 61.3 cm³/mol. The lowest BCUT2D eigenvalue weighted by atomic mass is 10.0. The number of benzene rings is 1. The normalized spacial score (nSPS) is 12.4. The summed E-state index contributed by atoms with van der Waals surface area (Å²) in [6.07, 6.45) is 3.47. The number of aromatic nitrogens is 1. The highest BCUT2D eigenvalue weighted by Crippen LogP contribution is 2.15. The van der Waals surface area contributed by atoms with Crippen molar-refractivity contribution in [1.82, 2.24) is 4.98 Å². The Morgan fingerprint density at radius 1 is 1.19 bits per heavy atom. The maximum absolute atomic E-state index is 12.9. The first-order chi connectivity index (χ1) is 7.75. The molecule has 0 bridgehead atoms. The Morgan fingerprint density at radius 2 is 1.94 bits per heavy atom. The van der Waals surface area contributed by atoms with Gasteiger partial charge in [0.05, 0.1) is 6.20 Å². The van der Waals surface area contributed by atoms with Gasteiger partial charge in [0.2, 0.25) is 0 Å². The molecule has 1 heterocycles. The number of hydrogen-bond donors (Lipinski definition) is 1. The summed E-state index contributed by atoms with van der Waals surface area (Å²) in [5, 5.41) is 0. The zero-order valence-corrected chi connectivity index (χ0v) is 8.81. The van der Waals surface area contributed by atoms with Gasteiger partial charge in [-0.25, -0.2) is 4.39 Å². The summed E-state index contributed by atoms with van der Waals surface area (Å²) in [7, 11) is 0. The van der Waals surface area contributed by atoms with Gasteiger partial charge in [-0.15, -0.1) is 0 Å². The predicted octanol–water partition coefficient (Wildman–Crippen LogP) is 2.46. The smallest absolute Gasteiger partial charge is 0.141 e. The number of pyridine rings is 1. The van der Waals surface area contributed by atoms with E-state index >= 15 is 0 Å². The summed E-state index contributed by atoms with van der Waals surface area (Å²) >= 11 is 0. The molecule has 2 rings (SSSR count). The second-order valence-corrected chi connectivity index (χ2v) is 3.73. The molecule has 1 aromatic carbocycles. The highest BCUT2D eigenvalue weighted by Gasteiger charge is 2.08. The third kappa shape index (κ3) is 2.64. The van der Waals surface area contributed by atoms with Crippen LogP contribution in [0.25, 0.3) is 0 Å². The second kappa shape index (κ2) is 4.86. The third-order valence-electron chi connectivity index (χ3n) is 2.45. The SMILES string of the molecule is NC(Cc1ccccc1)c1cncc(F)c1. The van der Waals surface area contributed by atoms with E-state index in [1.807, 2.05) is 30.3 Å². The Hall–Kier alpha value is -1.74. The fourth-order valence-electron chi connectivity index (χ4n) is 1.62. The lowest BCUT2D eigenvalue weighted by molar-refractivity contribution is 0.610. The second-order valence-electron chi connectivity index (χ2n) is 3.73. The van der Waals surface area contributed by atoms with Gasteiger partial charge in [0.1, 0.15) is 5.82 Å². The van der Waals surface area contributed by atoms with Crippen molar-refractivity contribution in [3.05, 3.63) is 65.7 Å². The molecule has 2 nitrogen and oxygen atoms in total. The van der Waals surface area contributed by atoms with Crippen molar-refractivity contribution >= 4 is 0 Å². The Bertz CT molecular complexity index is 456. The number of halogens is 1. The van der Waals surface area contributed by atoms with Crippen molar-refractivity contribution in [2.24, 2.45) is 5.73 Å². The number of rotatable bonds is 3. The lowest BCUT2D eigenvalue weighted by Crippen LogP contribution is -2.13. The Labute approximate surface area is 93.9 Å². The molecule has 0 fully saturated rings. The van der Waals surface area contributed by atoms with E-state index in [1.165, 1.54) is 12.3 Å². The molecule has 0 spiro atoms. The maximum Gasteiger partial charge on any atom is 0.141 e. The van der Waals surface area contributed by atoms with Crippen LogP contribution in [0.3, 0.4) is 0 Å². The number of nitrogens with two attached hydrogens (primary N) is 1.